The molecule has 132 valence electrons. The third-order valence-corrected chi connectivity index (χ3v) is 3.89. The summed E-state index contributed by atoms with van der Waals surface area (Å²) in [5.74, 6) is -1.17. The molecular formula is C20H18N2O4. The maximum atomic E-state index is 12.1. The number of benzene rings is 1. The highest BCUT2D eigenvalue weighted by molar-refractivity contribution is 5.90. The molecule has 2 aromatic rings. The quantitative estimate of drug-likeness (QED) is 0.786. The van der Waals surface area contributed by atoms with Gasteiger partial charge in [0.2, 0.25) is 11.8 Å². The summed E-state index contributed by atoms with van der Waals surface area (Å²) in [7, 11) is 0. The first-order chi connectivity index (χ1) is 12.5. The molecule has 0 spiro atoms. The standard InChI is InChI=1S/C20H18N2O4/c1-13-3-7-15(8-4-13)19(23)25-17-11-12-18(22-21-17)26-20(24)16-9-5-14(2)6-10-16/h3-9,11-12,16H,10H2,1-2H3. The van der Waals surface area contributed by atoms with Crippen molar-refractivity contribution in [1.29, 1.82) is 0 Å². The molecule has 0 radical (unpaired) electrons. The van der Waals surface area contributed by atoms with E-state index in [0.29, 0.717) is 12.0 Å². The van der Waals surface area contributed by atoms with E-state index in [1.165, 1.54) is 12.1 Å². The number of allylic oxidation sites excluding steroid dienone is 3. The highest BCUT2D eigenvalue weighted by Crippen LogP contribution is 2.19. The molecular weight excluding hydrogens is 332 g/mol. The van der Waals surface area contributed by atoms with Crippen molar-refractivity contribution in [2.45, 2.75) is 20.3 Å². The number of nitrogens with zero attached hydrogens (tertiary/aromatic N) is 2. The van der Waals surface area contributed by atoms with Crippen molar-refractivity contribution in [3.05, 3.63) is 71.3 Å². The Labute approximate surface area is 151 Å². The van der Waals surface area contributed by atoms with Crippen LogP contribution >= 0.6 is 0 Å². The van der Waals surface area contributed by atoms with Crippen LogP contribution in [0.2, 0.25) is 0 Å². The van der Waals surface area contributed by atoms with E-state index in [4.69, 9.17) is 9.47 Å². The summed E-state index contributed by atoms with van der Waals surface area (Å²) < 4.78 is 10.4. The minimum Gasteiger partial charge on any atom is -0.405 e. The first-order valence-corrected chi connectivity index (χ1v) is 8.20. The Morgan fingerprint density at radius 2 is 1.62 bits per heavy atom. The number of hydrogen-bond donors (Lipinski definition) is 0. The van der Waals surface area contributed by atoms with Gasteiger partial charge in [0.25, 0.3) is 0 Å². The van der Waals surface area contributed by atoms with Gasteiger partial charge in [-0.15, -0.1) is 10.2 Å². The molecule has 0 fully saturated rings. The summed E-state index contributed by atoms with van der Waals surface area (Å²) in [6.45, 7) is 3.90. The van der Waals surface area contributed by atoms with Gasteiger partial charge in [0.05, 0.1) is 11.5 Å². The number of aromatic nitrogens is 2. The maximum Gasteiger partial charge on any atom is 0.344 e. The molecule has 0 aliphatic heterocycles. The number of esters is 2. The number of aryl methyl sites for hydroxylation is 1. The minimum atomic E-state index is -0.529. The van der Waals surface area contributed by atoms with Crippen LogP contribution in [0.5, 0.6) is 11.8 Å². The number of carbonyl (C=O) groups is 2. The van der Waals surface area contributed by atoms with Crippen molar-refractivity contribution in [1.82, 2.24) is 10.2 Å². The lowest BCUT2D eigenvalue weighted by atomic mass is 9.98. The molecule has 3 rings (SSSR count). The second kappa shape index (κ2) is 7.74. The van der Waals surface area contributed by atoms with Gasteiger partial charge in [-0.25, -0.2) is 4.79 Å². The second-order valence-corrected chi connectivity index (χ2v) is 6.04. The van der Waals surface area contributed by atoms with Crippen molar-refractivity contribution in [3.8, 4) is 11.8 Å². The number of hydrogen-bond acceptors (Lipinski definition) is 6. The van der Waals surface area contributed by atoms with Gasteiger partial charge in [-0.3, -0.25) is 4.79 Å². The molecule has 1 aliphatic carbocycles. The first-order valence-electron chi connectivity index (χ1n) is 8.20. The van der Waals surface area contributed by atoms with Crippen LogP contribution in [-0.4, -0.2) is 22.1 Å². The minimum absolute atomic E-state index is 0.0338. The van der Waals surface area contributed by atoms with Crippen LogP contribution in [0.15, 0.2) is 60.2 Å². The Morgan fingerprint density at radius 3 is 2.19 bits per heavy atom. The van der Waals surface area contributed by atoms with E-state index in [-0.39, 0.29) is 17.7 Å². The van der Waals surface area contributed by atoms with E-state index >= 15 is 0 Å². The lowest BCUT2D eigenvalue weighted by Gasteiger charge is -2.13. The van der Waals surface area contributed by atoms with E-state index < -0.39 is 11.9 Å². The Balaban J connectivity index is 1.58. The Bertz CT molecular complexity index is 868. The number of ether oxygens (including phenoxy) is 2. The van der Waals surface area contributed by atoms with E-state index in [1.807, 2.05) is 44.2 Å². The Morgan fingerprint density at radius 1 is 0.962 bits per heavy atom. The van der Waals surface area contributed by atoms with Gasteiger partial charge >= 0.3 is 11.9 Å². The molecule has 0 bridgehead atoms. The van der Waals surface area contributed by atoms with Crippen LogP contribution in [0.3, 0.4) is 0 Å². The molecule has 1 heterocycles. The topological polar surface area (TPSA) is 78.4 Å². The monoisotopic (exact) mass is 350 g/mol. The van der Waals surface area contributed by atoms with Gasteiger partial charge in [-0.2, -0.15) is 0 Å². The molecule has 0 amide bonds. The van der Waals surface area contributed by atoms with Gasteiger partial charge in [-0.05, 0) is 32.4 Å². The fourth-order valence-electron chi connectivity index (χ4n) is 2.34. The zero-order valence-corrected chi connectivity index (χ0v) is 14.5. The molecule has 6 heteroatoms. The molecule has 0 saturated carbocycles. The Kier molecular flexibility index (Phi) is 5.22. The zero-order valence-electron chi connectivity index (χ0n) is 14.5. The predicted molar refractivity (Wildman–Crippen MR) is 94.8 cm³/mol. The van der Waals surface area contributed by atoms with Crippen molar-refractivity contribution < 1.29 is 19.1 Å². The summed E-state index contributed by atoms with van der Waals surface area (Å²) in [6, 6.07) is 9.87. The van der Waals surface area contributed by atoms with E-state index in [9.17, 15) is 9.59 Å². The lowest BCUT2D eigenvalue weighted by Crippen LogP contribution is -2.20. The molecule has 26 heavy (non-hydrogen) atoms. The Hall–Kier alpha value is -3.28. The van der Waals surface area contributed by atoms with Gasteiger partial charge in [0, 0.05) is 12.1 Å². The van der Waals surface area contributed by atoms with Crippen molar-refractivity contribution in [3.63, 3.8) is 0 Å². The second-order valence-electron chi connectivity index (χ2n) is 6.04. The normalized spacial score (nSPS) is 15.9. The van der Waals surface area contributed by atoms with Gasteiger partial charge in [-0.1, -0.05) is 41.5 Å². The van der Waals surface area contributed by atoms with Crippen LogP contribution in [0, 0.1) is 12.8 Å². The molecule has 6 nitrogen and oxygen atoms in total. The lowest BCUT2D eigenvalue weighted by molar-refractivity contribution is -0.137. The SMILES string of the molecule is CC1=CCC(C(=O)Oc2ccc(OC(=O)c3ccc(C)cc3)nn2)C=C1. The molecule has 1 atom stereocenters. The molecule has 1 aliphatic rings. The number of carbonyl (C=O) groups excluding carboxylic acids is 2. The van der Waals surface area contributed by atoms with E-state index in [0.717, 1.165) is 11.1 Å². The van der Waals surface area contributed by atoms with Gasteiger partial charge < -0.3 is 9.47 Å². The zero-order chi connectivity index (χ0) is 18.5. The van der Waals surface area contributed by atoms with Crippen LogP contribution in [0.25, 0.3) is 0 Å². The molecule has 1 aromatic carbocycles. The van der Waals surface area contributed by atoms with Gasteiger partial charge in [0.1, 0.15) is 0 Å². The van der Waals surface area contributed by atoms with Crippen LogP contribution in [0.1, 0.15) is 29.3 Å². The van der Waals surface area contributed by atoms with Crippen LogP contribution in [0.4, 0.5) is 0 Å². The van der Waals surface area contributed by atoms with Crippen LogP contribution < -0.4 is 9.47 Å². The summed E-state index contributed by atoms with van der Waals surface area (Å²) in [5, 5.41) is 7.55. The molecule has 0 saturated heterocycles. The van der Waals surface area contributed by atoms with Crippen molar-refractivity contribution in [2.75, 3.05) is 0 Å². The van der Waals surface area contributed by atoms with Gasteiger partial charge in [0.15, 0.2) is 0 Å². The molecule has 1 unspecified atom stereocenters. The third-order valence-electron chi connectivity index (χ3n) is 3.89. The third kappa shape index (κ3) is 4.42. The summed E-state index contributed by atoms with van der Waals surface area (Å²) >= 11 is 0. The molecule has 0 N–H and O–H groups in total. The smallest absolute Gasteiger partial charge is 0.344 e. The van der Waals surface area contributed by atoms with E-state index in [1.54, 1.807) is 12.1 Å². The highest BCUT2D eigenvalue weighted by Gasteiger charge is 2.19. The summed E-state index contributed by atoms with van der Waals surface area (Å²) in [6.07, 6.45) is 6.27. The average molecular weight is 350 g/mol. The summed E-state index contributed by atoms with van der Waals surface area (Å²) in [5.41, 5.74) is 2.58. The predicted octanol–water partition coefficient (Wildman–Crippen LogP) is 3.43. The van der Waals surface area contributed by atoms with Crippen LogP contribution in [-0.2, 0) is 4.79 Å². The average Bonchev–Trinajstić information content (AvgIpc) is 2.64. The number of rotatable bonds is 4. The highest BCUT2D eigenvalue weighted by atomic mass is 16.6. The van der Waals surface area contributed by atoms with E-state index in [2.05, 4.69) is 10.2 Å². The van der Waals surface area contributed by atoms with Crippen molar-refractivity contribution >= 4 is 11.9 Å². The maximum absolute atomic E-state index is 12.1. The summed E-state index contributed by atoms with van der Waals surface area (Å²) in [4.78, 5) is 24.1. The molecule has 1 aromatic heterocycles. The fourth-order valence-corrected chi connectivity index (χ4v) is 2.34. The fraction of sp³-hybridized carbons (Fsp3) is 0.200. The van der Waals surface area contributed by atoms with Crippen molar-refractivity contribution in [2.24, 2.45) is 5.92 Å². The first kappa shape index (κ1) is 17.5. The largest absolute Gasteiger partial charge is 0.405 e.